The molecule has 1 aliphatic heterocycles. The zero-order valence-electron chi connectivity index (χ0n) is 9.28. The highest BCUT2D eigenvalue weighted by Gasteiger charge is 2.27. The van der Waals surface area contributed by atoms with Crippen molar-refractivity contribution in [2.24, 2.45) is 0 Å². The molecule has 15 heavy (non-hydrogen) atoms. The molecule has 0 spiro atoms. The summed E-state index contributed by atoms with van der Waals surface area (Å²) in [6, 6.07) is 0. The van der Waals surface area contributed by atoms with Crippen LogP contribution in [0.3, 0.4) is 0 Å². The fourth-order valence-electron chi connectivity index (χ4n) is 1.50. The molecule has 0 fully saturated rings. The zero-order chi connectivity index (χ0) is 11.4. The summed E-state index contributed by atoms with van der Waals surface area (Å²) >= 11 is 0. The average molecular weight is 205 g/mol. The molecule has 0 saturated heterocycles. The molecule has 0 aromatic rings. The van der Waals surface area contributed by atoms with Crippen LogP contribution in [0.2, 0.25) is 0 Å². The first-order valence-corrected chi connectivity index (χ1v) is 4.91. The minimum atomic E-state index is -0.225. The molecule has 80 valence electrons. The van der Waals surface area contributed by atoms with Crippen LogP contribution in [0.1, 0.15) is 20.3 Å². The van der Waals surface area contributed by atoms with Gasteiger partial charge in [-0.1, -0.05) is 24.3 Å². The van der Waals surface area contributed by atoms with E-state index in [-0.39, 0.29) is 11.8 Å². The smallest absolute Gasteiger partial charge is 0.260 e. The van der Waals surface area contributed by atoms with E-state index in [0.29, 0.717) is 12.0 Å². The molecule has 0 saturated carbocycles. The quantitative estimate of drug-likeness (QED) is 0.645. The molecule has 0 radical (unpaired) electrons. The number of imide groups is 1. The number of nitrogens with zero attached hydrogens (tertiary/aromatic N) is 1. The van der Waals surface area contributed by atoms with Crippen molar-refractivity contribution >= 4 is 11.8 Å². The van der Waals surface area contributed by atoms with E-state index in [4.69, 9.17) is 0 Å². The third-order valence-corrected chi connectivity index (χ3v) is 2.30. The molecule has 3 nitrogen and oxygen atoms in total. The average Bonchev–Trinajstić information content (AvgIpc) is 2.21. The summed E-state index contributed by atoms with van der Waals surface area (Å²) in [6.45, 7) is 3.72. The van der Waals surface area contributed by atoms with Gasteiger partial charge in [-0.3, -0.25) is 14.5 Å². The van der Waals surface area contributed by atoms with Gasteiger partial charge in [-0.15, -0.1) is 0 Å². The van der Waals surface area contributed by atoms with E-state index in [1.807, 2.05) is 26.0 Å². The molecule has 0 unspecified atom stereocenters. The number of likely N-dealkylation sites (N-methyl/N-ethyl adjacent to an activating group) is 1. The van der Waals surface area contributed by atoms with Crippen molar-refractivity contribution in [2.45, 2.75) is 20.3 Å². The summed E-state index contributed by atoms with van der Waals surface area (Å²) in [6.07, 6.45) is 7.51. The third kappa shape index (κ3) is 2.24. The number of amides is 2. The second kappa shape index (κ2) is 4.73. The number of hydrogen-bond acceptors (Lipinski definition) is 2. The molecule has 0 aromatic carbocycles. The highest BCUT2D eigenvalue weighted by Crippen LogP contribution is 2.21. The Bertz CT molecular complexity index is 375. The molecule has 2 amide bonds. The number of carbonyl (C=O) groups is 2. The van der Waals surface area contributed by atoms with E-state index in [1.165, 1.54) is 11.9 Å². The Morgan fingerprint density at radius 1 is 1.13 bits per heavy atom. The fourth-order valence-corrected chi connectivity index (χ4v) is 1.50. The number of hydrogen-bond donors (Lipinski definition) is 0. The normalized spacial score (nSPS) is 18.7. The largest absolute Gasteiger partial charge is 0.281 e. The molecule has 0 aliphatic carbocycles. The van der Waals surface area contributed by atoms with Gasteiger partial charge in [-0.25, -0.2) is 0 Å². The topological polar surface area (TPSA) is 37.4 Å². The van der Waals surface area contributed by atoms with Gasteiger partial charge < -0.3 is 0 Å². The molecule has 1 heterocycles. The Labute approximate surface area is 89.8 Å². The zero-order valence-corrected chi connectivity index (χ0v) is 9.28. The van der Waals surface area contributed by atoms with E-state index in [2.05, 4.69) is 0 Å². The molecule has 0 N–H and O–H groups in total. The Kier molecular flexibility index (Phi) is 3.61. The van der Waals surface area contributed by atoms with Crippen LogP contribution in [-0.4, -0.2) is 23.8 Å². The first kappa shape index (κ1) is 11.4. The minimum absolute atomic E-state index is 0.152. The Morgan fingerprint density at radius 3 is 2.27 bits per heavy atom. The molecule has 0 bridgehead atoms. The number of carbonyl (C=O) groups excluding carboxylic acids is 2. The van der Waals surface area contributed by atoms with E-state index in [9.17, 15) is 9.59 Å². The van der Waals surface area contributed by atoms with Gasteiger partial charge in [-0.05, 0) is 19.4 Å². The van der Waals surface area contributed by atoms with E-state index >= 15 is 0 Å². The van der Waals surface area contributed by atoms with Crippen LogP contribution in [0.4, 0.5) is 0 Å². The van der Waals surface area contributed by atoms with Crippen LogP contribution >= 0.6 is 0 Å². The van der Waals surface area contributed by atoms with E-state index < -0.39 is 0 Å². The standard InChI is InChI=1S/C12H15NO2/c1-4-6-9-8-11(14)13(3)12(15)10(9)7-5-2/h4-7H,8H2,1-3H3/b6-4-,7-5-. The molecular formula is C12H15NO2. The van der Waals surface area contributed by atoms with Crippen molar-refractivity contribution in [1.82, 2.24) is 4.90 Å². The first-order chi connectivity index (χ1) is 7.11. The summed E-state index contributed by atoms with van der Waals surface area (Å²) < 4.78 is 0. The van der Waals surface area contributed by atoms with Crippen molar-refractivity contribution in [3.63, 3.8) is 0 Å². The van der Waals surface area contributed by atoms with Crippen LogP contribution in [0.15, 0.2) is 35.5 Å². The maximum absolute atomic E-state index is 11.8. The lowest BCUT2D eigenvalue weighted by Gasteiger charge is -2.23. The Hall–Kier alpha value is -1.64. The predicted molar refractivity (Wildman–Crippen MR) is 59.0 cm³/mol. The lowest BCUT2D eigenvalue weighted by atomic mass is 9.98. The van der Waals surface area contributed by atoms with E-state index in [0.717, 1.165) is 5.57 Å². The summed E-state index contributed by atoms with van der Waals surface area (Å²) in [7, 11) is 1.51. The third-order valence-electron chi connectivity index (χ3n) is 2.30. The van der Waals surface area contributed by atoms with Crippen molar-refractivity contribution < 1.29 is 9.59 Å². The number of allylic oxidation sites excluding steroid dienone is 3. The molecular weight excluding hydrogens is 190 g/mol. The summed E-state index contributed by atoms with van der Waals surface area (Å²) in [5, 5.41) is 0. The highest BCUT2D eigenvalue weighted by atomic mass is 16.2. The van der Waals surface area contributed by atoms with Gasteiger partial charge in [0.2, 0.25) is 5.91 Å². The summed E-state index contributed by atoms with van der Waals surface area (Å²) in [4.78, 5) is 24.4. The number of rotatable bonds is 2. The van der Waals surface area contributed by atoms with Crippen LogP contribution in [-0.2, 0) is 9.59 Å². The van der Waals surface area contributed by atoms with Gasteiger partial charge in [-0.2, -0.15) is 0 Å². The second-order valence-electron chi connectivity index (χ2n) is 3.37. The lowest BCUT2D eigenvalue weighted by molar-refractivity contribution is -0.141. The van der Waals surface area contributed by atoms with Gasteiger partial charge in [0, 0.05) is 12.6 Å². The van der Waals surface area contributed by atoms with Crippen molar-refractivity contribution in [2.75, 3.05) is 7.05 Å². The maximum atomic E-state index is 11.8. The van der Waals surface area contributed by atoms with Crippen molar-refractivity contribution in [1.29, 1.82) is 0 Å². The second-order valence-corrected chi connectivity index (χ2v) is 3.37. The van der Waals surface area contributed by atoms with Gasteiger partial charge in [0.15, 0.2) is 0 Å². The predicted octanol–water partition coefficient (Wildman–Crippen LogP) is 1.82. The molecule has 0 atom stereocenters. The fraction of sp³-hybridized carbons (Fsp3) is 0.333. The summed E-state index contributed by atoms with van der Waals surface area (Å²) in [5.41, 5.74) is 1.40. The SMILES string of the molecule is C/C=C\C1=C(/C=C\C)C(=O)N(C)C(=O)C1. The molecule has 1 aliphatic rings. The van der Waals surface area contributed by atoms with Gasteiger partial charge in [0.25, 0.3) is 5.91 Å². The Morgan fingerprint density at radius 2 is 1.73 bits per heavy atom. The van der Waals surface area contributed by atoms with Gasteiger partial charge >= 0.3 is 0 Å². The lowest BCUT2D eigenvalue weighted by Crippen LogP contribution is -2.38. The molecule has 1 rings (SSSR count). The van der Waals surface area contributed by atoms with Crippen molar-refractivity contribution in [3.8, 4) is 0 Å². The Balaban J connectivity index is 3.22. The van der Waals surface area contributed by atoms with Crippen LogP contribution in [0.5, 0.6) is 0 Å². The van der Waals surface area contributed by atoms with Crippen molar-refractivity contribution in [3.05, 3.63) is 35.5 Å². The van der Waals surface area contributed by atoms with Crippen LogP contribution in [0.25, 0.3) is 0 Å². The monoisotopic (exact) mass is 205 g/mol. The van der Waals surface area contributed by atoms with Crippen LogP contribution < -0.4 is 0 Å². The van der Waals surface area contributed by atoms with E-state index in [1.54, 1.807) is 12.2 Å². The minimum Gasteiger partial charge on any atom is -0.281 e. The molecule has 0 aromatic heterocycles. The summed E-state index contributed by atoms with van der Waals surface area (Å²) in [5.74, 6) is -0.376. The van der Waals surface area contributed by atoms with Gasteiger partial charge in [0.05, 0.1) is 6.42 Å². The first-order valence-electron chi connectivity index (χ1n) is 4.91. The van der Waals surface area contributed by atoms with Crippen LogP contribution in [0, 0.1) is 0 Å². The highest BCUT2D eigenvalue weighted by molar-refractivity contribution is 6.10. The molecule has 3 heteroatoms. The van der Waals surface area contributed by atoms with Gasteiger partial charge in [0.1, 0.15) is 0 Å². The maximum Gasteiger partial charge on any atom is 0.260 e.